The van der Waals surface area contributed by atoms with E-state index in [4.69, 9.17) is 11.0 Å². The minimum Gasteiger partial charge on any atom is -0.320 e. The number of carbonyl (C=O) groups excluding carboxylic acids is 1. The van der Waals surface area contributed by atoms with Crippen molar-refractivity contribution in [1.29, 1.82) is 5.26 Å². The van der Waals surface area contributed by atoms with Crippen LogP contribution in [-0.4, -0.2) is 27.7 Å². The van der Waals surface area contributed by atoms with Crippen LogP contribution in [0.2, 0.25) is 0 Å². The Hall–Kier alpha value is -3.12. The van der Waals surface area contributed by atoms with Crippen LogP contribution in [0.15, 0.2) is 36.4 Å². The molecule has 3 N–H and O–H groups in total. The maximum Gasteiger partial charge on any atom is 0.404 e. The first-order valence-corrected chi connectivity index (χ1v) is 7.23. The number of nitrogens with one attached hydrogen (secondary N) is 1. The third-order valence-corrected chi connectivity index (χ3v) is 3.65. The van der Waals surface area contributed by atoms with E-state index in [1.165, 1.54) is 0 Å². The number of alkyl halides is 3. The highest BCUT2D eigenvalue weighted by Crippen LogP contribution is 2.29. The number of nitriles is 1. The lowest BCUT2D eigenvalue weighted by molar-refractivity contribution is -0.153. The average Bonchev–Trinajstić information content (AvgIpc) is 2.82. The van der Waals surface area contributed by atoms with Crippen LogP contribution in [0.5, 0.6) is 0 Å². The second-order valence-electron chi connectivity index (χ2n) is 5.44. The molecule has 0 radical (unpaired) electrons. The number of nitrogens with two attached hydrogens (primary N) is 1. The molecule has 9 heteroatoms. The van der Waals surface area contributed by atoms with Crippen molar-refractivity contribution in [2.75, 3.05) is 5.32 Å². The van der Waals surface area contributed by atoms with Crippen molar-refractivity contribution in [3.05, 3.63) is 42.0 Å². The molecule has 6 nitrogen and oxygen atoms in total. The van der Waals surface area contributed by atoms with Gasteiger partial charge in [-0.25, -0.2) is 4.98 Å². The highest BCUT2D eigenvalue weighted by Gasteiger charge is 2.38. The molecule has 0 fully saturated rings. The van der Waals surface area contributed by atoms with Crippen LogP contribution in [0.25, 0.3) is 16.7 Å². The monoisotopic (exact) mass is 347 g/mol. The van der Waals surface area contributed by atoms with Crippen molar-refractivity contribution >= 4 is 28.6 Å². The average molecular weight is 347 g/mol. The van der Waals surface area contributed by atoms with Crippen LogP contribution >= 0.6 is 0 Å². The Morgan fingerprint density at radius 3 is 2.72 bits per heavy atom. The van der Waals surface area contributed by atoms with Crippen molar-refractivity contribution in [1.82, 2.24) is 9.55 Å². The third kappa shape index (κ3) is 3.25. The fourth-order valence-electron chi connectivity index (χ4n) is 2.31. The topological polar surface area (TPSA) is 96.7 Å². The minimum atomic E-state index is -4.65. The van der Waals surface area contributed by atoms with Gasteiger partial charge in [-0.3, -0.25) is 14.7 Å². The van der Waals surface area contributed by atoms with Crippen LogP contribution < -0.4 is 11.1 Å². The Labute approximate surface area is 140 Å². The summed E-state index contributed by atoms with van der Waals surface area (Å²) in [7, 11) is 0. The van der Waals surface area contributed by atoms with E-state index in [1.54, 1.807) is 41.0 Å². The number of carbonyl (C=O) groups is 1. The number of fused-ring (bicyclic) bond motifs is 1. The van der Waals surface area contributed by atoms with E-state index in [9.17, 15) is 18.0 Å². The molecule has 2 aromatic rings. The van der Waals surface area contributed by atoms with E-state index in [0.29, 0.717) is 22.3 Å². The van der Waals surface area contributed by atoms with E-state index in [0.717, 1.165) is 0 Å². The number of allylic oxidation sites excluding steroid dienone is 4. The number of nitrogens with zero attached hydrogens (tertiary/aromatic N) is 3. The molecule has 0 saturated carbocycles. The standard InChI is InChI=1S/C16H12F3N5O/c17-16(18,19)13(21)7-14(25)23-15-22-11-5-4-9(8-20)6-12(11)24(15)10-2-1-3-10/h1-6,13H,7,21H2,(H,22,23,25). The molecule has 25 heavy (non-hydrogen) atoms. The summed E-state index contributed by atoms with van der Waals surface area (Å²) in [6, 6.07) is 4.51. The highest BCUT2D eigenvalue weighted by atomic mass is 19.4. The summed E-state index contributed by atoms with van der Waals surface area (Å²) < 4.78 is 39.0. The maximum absolute atomic E-state index is 12.5. The smallest absolute Gasteiger partial charge is 0.320 e. The molecular formula is C16H12F3N5O. The van der Waals surface area contributed by atoms with Gasteiger partial charge in [-0.05, 0) is 30.4 Å². The van der Waals surface area contributed by atoms with Crippen LogP contribution in [0.3, 0.4) is 0 Å². The van der Waals surface area contributed by atoms with Gasteiger partial charge in [0.1, 0.15) is 6.04 Å². The number of aromatic nitrogens is 2. The summed E-state index contributed by atoms with van der Waals surface area (Å²) >= 11 is 0. The summed E-state index contributed by atoms with van der Waals surface area (Å²) in [6.07, 6.45) is -0.307. The maximum atomic E-state index is 12.5. The van der Waals surface area contributed by atoms with Crippen molar-refractivity contribution < 1.29 is 18.0 Å². The Morgan fingerprint density at radius 2 is 2.16 bits per heavy atom. The molecule has 0 aliphatic heterocycles. The number of amides is 1. The molecule has 1 unspecified atom stereocenters. The van der Waals surface area contributed by atoms with E-state index < -0.39 is 24.5 Å². The molecule has 128 valence electrons. The van der Waals surface area contributed by atoms with Gasteiger partial charge in [0.2, 0.25) is 11.9 Å². The van der Waals surface area contributed by atoms with Crippen LogP contribution in [0, 0.1) is 11.3 Å². The fraction of sp³-hybridized carbons (Fsp3) is 0.188. The van der Waals surface area contributed by atoms with Crippen LogP contribution in [0.1, 0.15) is 12.0 Å². The van der Waals surface area contributed by atoms with E-state index >= 15 is 0 Å². The van der Waals surface area contributed by atoms with E-state index in [2.05, 4.69) is 10.3 Å². The van der Waals surface area contributed by atoms with Gasteiger partial charge in [0.05, 0.1) is 29.1 Å². The lowest BCUT2D eigenvalue weighted by atomic mass is 10.2. The molecule has 1 aliphatic rings. The minimum absolute atomic E-state index is 0.0695. The van der Waals surface area contributed by atoms with Crippen LogP contribution in [0.4, 0.5) is 19.1 Å². The van der Waals surface area contributed by atoms with Gasteiger partial charge in [-0.15, -0.1) is 0 Å². The van der Waals surface area contributed by atoms with Crippen molar-refractivity contribution in [3.8, 4) is 6.07 Å². The summed E-state index contributed by atoms with van der Waals surface area (Å²) in [4.78, 5) is 16.1. The molecule has 1 aromatic heterocycles. The molecule has 0 bridgehead atoms. The molecule has 0 saturated heterocycles. The zero-order valence-corrected chi connectivity index (χ0v) is 12.7. The van der Waals surface area contributed by atoms with Gasteiger partial charge in [0.25, 0.3) is 0 Å². The number of benzene rings is 1. The lowest BCUT2D eigenvalue weighted by Crippen LogP contribution is -2.40. The molecule has 1 amide bonds. The molecule has 1 heterocycles. The van der Waals surface area contributed by atoms with E-state index in [1.807, 2.05) is 6.07 Å². The molecule has 1 atom stereocenters. The summed E-state index contributed by atoms with van der Waals surface area (Å²) in [5.74, 6) is -0.828. The van der Waals surface area contributed by atoms with Gasteiger partial charge in [-0.1, -0.05) is 6.08 Å². The van der Waals surface area contributed by atoms with Gasteiger partial charge in [0, 0.05) is 5.70 Å². The molecule has 1 aromatic carbocycles. The number of hydrogen-bond acceptors (Lipinski definition) is 4. The second-order valence-corrected chi connectivity index (χ2v) is 5.44. The zero-order valence-electron chi connectivity index (χ0n) is 12.7. The largest absolute Gasteiger partial charge is 0.404 e. The first-order chi connectivity index (χ1) is 11.8. The lowest BCUT2D eigenvalue weighted by Gasteiger charge is -2.16. The number of anilines is 1. The SMILES string of the molecule is N#Cc1ccc2nc(NC(=O)CC(N)C(F)(F)F)n(C3=CC=C3)c2c1. The summed E-state index contributed by atoms with van der Waals surface area (Å²) in [6.45, 7) is 0. The van der Waals surface area contributed by atoms with Gasteiger partial charge >= 0.3 is 6.18 Å². The second kappa shape index (κ2) is 6.07. The van der Waals surface area contributed by atoms with Gasteiger partial charge < -0.3 is 5.73 Å². The molecule has 0 spiro atoms. The quantitative estimate of drug-likeness (QED) is 0.888. The Bertz CT molecular complexity index is 949. The molecule has 3 rings (SSSR count). The number of rotatable bonds is 4. The first kappa shape index (κ1) is 16.7. The Morgan fingerprint density at radius 1 is 1.44 bits per heavy atom. The summed E-state index contributed by atoms with van der Waals surface area (Å²) in [5.41, 5.74) is 7.12. The zero-order chi connectivity index (χ0) is 18.2. The first-order valence-electron chi connectivity index (χ1n) is 7.23. The van der Waals surface area contributed by atoms with Crippen molar-refractivity contribution in [2.45, 2.75) is 18.6 Å². The predicted octanol–water partition coefficient (Wildman–Crippen LogP) is 2.54. The van der Waals surface area contributed by atoms with Crippen LogP contribution in [-0.2, 0) is 4.79 Å². The van der Waals surface area contributed by atoms with Crippen molar-refractivity contribution in [2.24, 2.45) is 5.73 Å². The van der Waals surface area contributed by atoms with E-state index in [-0.39, 0.29) is 5.95 Å². The number of halogens is 3. The molecule has 1 aliphatic carbocycles. The molecular weight excluding hydrogens is 335 g/mol. The Balaban J connectivity index is 1.93. The Kier molecular flexibility index (Phi) is 4.06. The van der Waals surface area contributed by atoms with Crippen molar-refractivity contribution in [3.63, 3.8) is 0 Å². The number of imidazole rings is 1. The van der Waals surface area contributed by atoms with Gasteiger partial charge in [0.15, 0.2) is 0 Å². The highest BCUT2D eigenvalue weighted by molar-refractivity contribution is 5.95. The third-order valence-electron chi connectivity index (χ3n) is 3.65. The predicted molar refractivity (Wildman–Crippen MR) is 85.1 cm³/mol. The normalized spacial score (nSPS) is 14.6. The van der Waals surface area contributed by atoms with Gasteiger partial charge in [-0.2, -0.15) is 18.4 Å². The fourth-order valence-corrected chi connectivity index (χ4v) is 2.31. The number of hydrogen-bond donors (Lipinski definition) is 2. The summed E-state index contributed by atoms with van der Waals surface area (Å²) in [5, 5.41) is 11.4.